The number of rotatable bonds is 4. The van der Waals surface area contributed by atoms with Crippen LogP contribution in [0.5, 0.6) is 0 Å². The van der Waals surface area contributed by atoms with Gasteiger partial charge in [-0.2, -0.15) is 0 Å². The number of fused-ring (bicyclic) bond motifs is 1. The Morgan fingerprint density at radius 2 is 2.09 bits per heavy atom. The van der Waals surface area contributed by atoms with Gasteiger partial charge < -0.3 is 4.57 Å². The molecule has 2 aromatic carbocycles. The highest BCUT2D eigenvalue weighted by Gasteiger charge is 2.19. The summed E-state index contributed by atoms with van der Waals surface area (Å²) in [6.07, 6.45) is 0. The van der Waals surface area contributed by atoms with Gasteiger partial charge in [-0.05, 0) is 43.0 Å². The molecule has 3 aromatic rings. The summed E-state index contributed by atoms with van der Waals surface area (Å²) >= 11 is 1.17. The van der Waals surface area contributed by atoms with Gasteiger partial charge in [-0.15, -0.1) is 0 Å². The number of hydrogen-bond acceptors (Lipinski definition) is 4. The second kappa shape index (κ2) is 5.76. The molecule has 112 valence electrons. The van der Waals surface area contributed by atoms with E-state index >= 15 is 0 Å². The molecule has 3 rings (SSSR count). The first-order valence-corrected chi connectivity index (χ1v) is 7.49. The third-order valence-corrected chi connectivity index (χ3v) is 4.31. The number of aromatic nitrogens is 2. The third kappa shape index (κ3) is 2.55. The van der Waals surface area contributed by atoms with Crippen LogP contribution in [-0.2, 0) is 6.54 Å². The van der Waals surface area contributed by atoms with Crippen molar-refractivity contribution in [1.29, 1.82) is 0 Å². The molecule has 0 N–H and O–H groups in total. The number of hydrogen-bond donors (Lipinski definition) is 0. The number of nitro groups is 1. The van der Waals surface area contributed by atoms with Crippen LogP contribution in [0.15, 0.2) is 52.5 Å². The predicted octanol–water partition coefficient (Wildman–Crippen LogP) is 4.25. The molecule has 0 radical (unpaired) electrons. The van der Waals surface area contributed by atoms with Gasteiger partial charge in [0.2, 0.25) is 0 Å². The zero-order chi connectivity index (χ0) is 15.7. The number of aryl methyl sites for hydroxylation is 1. The number of nitrogens with zero attached hydrogens (tertiary/aromatic N) is 3. The van der Waals surface area contributed by atoms with E-state index in [2.05, 4.69) is 4.98 Å². The molecule has 0 bridgehead atoms. The van der Waals surface area contributed by atoms with E-state index in [0.29, 0.717) is 16.6 Å². The van der Waals surface area contributed by atoms with Crippen molar-refractivity contribution in [1.82, 2.24) is 9.55 Å². The Kier molecular flexibility index (Phi) is 3.81. The minimum Gasteiger partial charge on any atom is -0.319 e. The molecule has 0 saturated carbocycles. The lowest BCUT2D eigenvalue weighted by molar-refractivity contribution is -0.387. The maximum atomic E-state index is 13.2. The van der Waals surface area contributed by atoms with Crippen molar-refractivity contribution in [2.75, 3.05) is 0 Å². The lowest BCUT2D eigenvalue weighted by atomic mass is 10.3. The fraction of sp³-hybridized carbons (Fsp3) is 0.133. The minimum absolute atomic E-state index is 0.250. The molecule has 0 spiro atoms. The standard InChI is InChI=1S/C15H12FN3O2S/c1-2-18-12-6-4-3-5-11(12)17-15(18)22-14-8-7-10(16)9-13(14)19(20)21/h3-9H,2H2,1H3. The van der Waals surface area contributed by atoms with Crippen LogP contribution in [0, 0.1) is 15.9 Å². The molecule has 1 aromatic heterocycles. The summed E-state index contributed by atoms with van der Waals surface area (Å²) in [4.78, 5) is 15.4. The molecule has 0 unspecified atom stereocenters. The third-order valence-electron chi connectivity index (χ3n) is 3.25. The second-order valence-electron chi connectivity index (χ2n) is 4.60. The van der Waals surface area contributed by atoms with Crippen LogP contribution < -0.4 is 0 Å². The summed E-state index contributed by atoms with van der Waals surface area (Å²) in [5.41, 5.74) is 1.55. The van der Waals surface area contributed by atoms with Gasteiger partial charge in [0, 0.05) is 6.54 Å². The van der Waals surface area contributed by atoms with Gasteiger partial charge in [-0.3, -0.25) is 10.1 Å². The van der Waals surface area contributed by atoms with Crippen molar-refractivity contribution in [3.63, 3.8) is 0 Å². The van der Waals surface area contributed by atoms with Crippen LogP contribution in [-0.4, -0.2) is 14.5 Å². The van der Waals surface area contributed by atoms with Crippen molar-refractivity contribution >= 4 is 28.5 Å². The fourth-order valence-electron chi connectivity index (χ4n) is 2.25. The van der Waals surface area contributed by atoms with Crippen LogP contribution in [0.1, 0.15) is 6.92 Å². The highest BCUT2D eigenvalue weighted by molar-refractivity contribution is 7.99. The largest absolute Gasteiger partial charge is 0.319 e. The molecule has 0 fully saturated rings. The summed E-state index contributed by atoms with van der Waals surface area (Å²) in [5.74, 6) is -0.625. The quantitative estimate of drug-likeness (QED) is 0.533. The van der Waals surface area contributed by atoms with Gasteiger partial charge in [0.1, 0.15) is 5.82 Å². The Balaban J connectivity index is 2.09. The fourth-order valence-corrected chi connectivity index (χ4v) is 3.31. The number of benzene rings is 2. The van der Waals surface area contributed by atoms with Crippen LogP contribution in [0.3, 0.4) is 0 Å². The summed E-state index contributed by atoms with van der Waals surface area (Å²) in [7, 11) is 0. The summed E-state index contributed by atoms with van der Waals surface area (Å²) < 4.78 is 15.2. The summed E-state index contributed by atoms with van der Waals surface area (Å²) in [6.45, 7) is 2.68. The van der Waals surface area contributed by atoms with E-state index in [1.807, 2.05) is 35.8 Å². The Morgan fingerprint density at radius 3 is 2.82 bits per heavy atom. The van der Waals surface area contributed by atoms with E-state index in [4.69, 9.17) is 0 Å². The van der Waals surface area contributed by atoms with Crippen LogP contribution in [0.25, 0.3) is 11.0 Å². The molecule has 0 saturated heterocycles. The highest BCUT2D eigenvalue weighted by atomic mass is 32.2. The van der Waals surface area contributed by atoms with Gasteiger partial charge in [0.15, 0.2) is 5.16 Å². The van der Waals surface area contributed by atoms with Crippen LogP contribution in [0.4, 0.5) is 10.1 Å². The van der Waals surface area contributed by atoms with Gasteiger partial charge in [-0.25, -0.2) is 9.37 Å². The Bertz CT molecular complexity index is 863. The Labute approximate surface area is 129 Å². The Morgan fingerprint density at radius 1 is 1.32 bits per heavy atom. The van der Waals surface area contributed by atoms with E-state index < -0.39 is 10.7 Å². The SMILES string of the molecule is CCn1c(Sc2ccc(F)cc2[N+](=O)[O-])nc2ccccc21. The van der Waals surface area contributed by atoms with Crippen LogP contribution in [0.2, 0.25) is 0 Å². The molecule has 0 aliphatic carbocycles. The van der Waals surface area contributed by atoms with Gasteiger partial charge in [-0.1, -0.05) is 12.1 Å². The first kappa shape index (κ1) is 14.5. The monoisotopic (exact) mass is 317 g/mol. The van der Waals surface area contributed by atoms with Gasteiger partial charge in [0.25, 0.3) is 5.69 Å². The van der Waals surface area contributed by atoms with Crippen molar-refractivity contribution in [3.05, 3.63) is 58.4 Å². The van der Waals surface area contributed by atoms with Crippen molar-refractivity contribution in [2.24, 2.45) is 0 Å². The molecule has 0 aliphatic rings. The molecule has 0 aliphatic heterocycles. The first-order chi connectivity index (χ1) is 10.6. The Hall–Kier alpha value is -2.41. The predicted molar refractivity (Wildman–Crippen MR) is 82.6 cm³/mol. The average molecular weight is 317 g/mol. The topological polar surface area (TPSA) is 61.0 Å². The molecular weight excluding hydrogens is 305 g/mol. The summed E-state index contributed by atoms with van der Waals surface area (Å²) in [6, 6.07) is 11.2. The number of halogens is 1. The zero-order valence-electron chi connectivity index (χ0n) is 11.7. The van der Waals surface area contributed by atoms with E-state index in [9.17, 15) is 14.5 Å². The molecule has 22 heavy (non-hydrogen) atoms. The van der Waals surface area contributed by atoms with Crippen molar-refractivity contribution < 1.29 is 9.31 Å². The minimum atomic E-state index is -0.625. The van der Waals surface area contributed by atoms with E-state index in [-0.39, 0.29) is 5.69 Å². The zero-order valence-corrected chi connectivity index (χ0v) is 12.5. The maximum Gasteiger partial charge on any atom is 0.286 e. The van der Waals surface area contributed by atoms with E-state index in [1.165, 1.54) is 23.9 Å². The molecule has 7 heteroatoms. The van der Waals surface area contributed by atoms with Crippen molar-refractivity contribution in [2.45, 2.75) is 23.5 Å². The molecule has 5 nitrogen and oxygen atoms in total. The molecule has 0 atom stereocenters. The molecular formula is C15H12FN3O2S. The second-order valence-corrected chi connectivity index (χ2v) is 5.61. The number of imidazole rings is 1. The lowest BCUT2D eigenvalue weighted by Crippen LogP contribution is -1.97. The lowest BCUT2D eigenvalue weighted by Gasteiger charge is -2.06. The van der Waals surface area contributed by atoms with Gasteiger partial charge >= 0.3 is 0 Å². The normalized spacial score (nSPS) is 11.0. The van der Waals surface area contributed by atoms with Crippen molar-refractivity contribution in [3.8, 4) is 0 Å². The first-order valence-electron chi connectivity index (χ1n) is 6.67. The van der Waals surface area contributed by atoms with Gasteiger partial charge in [0.05, 0.1) is 26.9 Å². The number of nitro benzene ring substituents is 1. The van der Waals surface area contributed by atoms with E-state index in [0.717, 1.165) is 17.1 Å². The highest BCUT2D eigenvalue weighted by Crippen LogP contribution is 2.36. The summed E-state index contributed by atoms with van der Waals surface area (Å²) in [5, 5.41) is 11.7. The molecule has 0 amide bonds. The van der Waals surface area contributed by atoms with Crippen LogP contribution >= 0.6 is 11.8 Å². The maximum absolute atomic E-state index is 13.2. The average Bonchev–Trinajstić information content (AvgIpc) is 2.85. The van der Waals surface area contributed by atoms with E-state index in [1.54, 1.807) is 0 Å². The molecule has 1 heterocycles. The smallest absolute Gasteiger partial charge is 0.286 e. The number of para-hydroxylation sites is 2.